The van der Waals surface area contributed by atoms with Crippen LogP contribution in [0.2, 0.25) is 0 Å². The molecule has 204 valence electrons. The lowest BCUT2D eigenvalue weighted by Gasteiger charge is -2.19. The number of hydrogen-bond donors (Lipinski definition) is 1. The van der Waals surface area contributed by atoms with Gasteiger partial charge in [0.05, 0.1) is 14.2 Å². The van der Waals surface area contributed by atoms with Gasteiger partial charge in [-0.1, -0.05) is 34.6 Å². The van der Waals surface area contributed by atoms with Crippen molar-refractivity contribution >= 4 is 5.91 Å². The van der Waals surface area contributed by atoms with Crippen LogP contribution in [0.5, 0.6) is 17.2 Å². The van der Waals surface area contributed by atoms with Crippen molar-refractivity contribution in [1.82, 2.24) is 20.5 Å². The zero-order chi connectivity index (χ0) is 27.8. The molecule has 1 amide bonds. The minimum absolute atomic E-state index is 0.161. The van der Waals surface area contributed by atoms with E-state index in [1.165, 1.54) is 12.1 Å². The maximum absolute atomic E-state index is 13.5. The van der Waals surface area contributed by atoms with E-state index in [9.17, 15) is 9.18 Å². The lowest BCUT2D eigenvalue weighted by Crippen LogP contribution is -2.28. The van der Waals surface area contributed by atoms with Gasteiger partial charge in [-0.2, -0.15) is 0 Å². The van der Waals surface area contributed by atoms with Crippen LogP contribution in [0, 0.1) is 12.7 Å². The van der Waals surface area contributed by atoms with Crippen LogP contribution < -0.4 is 19.5 Å². The predicted octanol–water partition coefficient (Wildman–Crippen LogP) is 4.53. The van der Waals surface area contributed by atoms with Gasteiger partial charge >= 0.3 is 0 Å². The largest absolute Gasteiger partial charge is 0.493 e. The number of nitrogens with one attached hydrogen (secondary N) is 1. The molecule has 0 aliphatic carbocycles. The first-order chi connectivity index (χ1) is 18.9. The van der Waals surface area contributed by atoms with Crippen molar-refractivity contribution in [2.45, 2.75) is 26.6 Å². The molecule has 0 saturated heterocycles. The van der Waals surface area contributed by atoms with Crippen LogP contribution in [-0.2, 0) is 24.4 Å². The van der Waals surface area contributed by atoms with E-state index in [0.29, 0.717) is 36.9 Å². The molecular weight excluding hydrogens is 503 g/mol. The lowest BCUT2D eigenvalue weighted by atomic mass is 10.0. The van der Waals surface area contributed by atoms with Gasteiger partial charge in [0.25, 0.3) is 5.91 Å². The first-order valence-electron chi connectivity index (χ1n) is 12.3. The van der Waals surface area contributed by atoms with Crippen LogP contribution >= 0.6 is 0 Å². The molecule has 4 aromatic rings. The second-order valence-electron chi connectivity index (χ2n) is 9.05. The highest BCUT2D eigenvalue weighted by Gasteiger charge is 2.14. The topological polar surface area (TPSA) is 99.0 Å². The van der Waals surface area contributed by atoms with Gasteiger partial charge in [0.1, 0.15) is 23.0 Å². The van der Waals surface area contributed by atoms with E-state index in [2.05, 4.69) is 15.6 Å². The Morgan fingerprint density at radius 2 is 1.64 bits per heavy atom. The number of aryl methyl sites for hydroxylation is 1. The van der Waals surface area contributed by atoms with E-state index in [1.807, 2.05) is 49.2 Å². The maximum Gasteiger partial charge on any atom is 0.258 e. The molecule has 0 atom stereocenters. The van der Waals surface area contributed by atoms with Gasteiger partial charge in [0, 0.05) is 25.2 Å². The van der Waals surface area contributed by atoms with Crippen LogP contribution in [-0.4, -0.2) is 49.0 Å². The average Bonchev–Trinajstić information content (AvgIpc) is 3.34. The molecule has 10 heteroatoms. The molecule has 0 saturated carbocycles. The summed E-state index contributed by atoms with van der Waals surface area (Å²) in [5, 5.41) is 10.7. The summed E-state index contributed by atoms with van der Waals surface area (Å²) in [5.74, 6) is 1.22. The van der Waals surface area contributed by atoms with Gasteiger partial charge in [-0.05, 0) is 67.1 Å². The van der Waals surface area contributed by atoms with E-state index >= 15 is 0 Å². The number of carbonyl (C=O) groups is 1. The molecule has 1 heterocycles. The highest BCUT2D eigenvalue weighted by Crippen LogP contribution is 2.29. The third-order valence-electron chi connectivity index (χ3n) is 6.14. The highest BCUT2D eigenvalue weighted by molar-refractivity contribution is 5.77. The number of nitrogens with zero attached hydrogens (tertiary/aromatic N) is 3. The van der Waals surface area contributed by atoms with E-state index in [0.717, 1.165) is 33.6 Å². The van der Waals surface area contributed by atoms with E-state index in [4.69, 9.17) is 18.8 Å². The third kappa shape index (κ3) is 7.32. The summed E-state index contributed by atoms with van der Waals surface area (Å²) in [6, 6.07) is 17.5. The molecule has 0 unspecified atom stereocenters. The van der Waals surface area contributed by atoms with Crippen molar-refractivity contribution in [2.24, 2.45) is 0 Å². The Labute approximate surface area is 226 Å². The van der Waals surface area contributed by atoms with Crippen molar-refractivity contribution in [3.8, 4) is 28.4 Å². The fourth-order valence-corrected chi connectivity index (χ4v) is 4.05. The number of rotatable bonds is 12. The molecule has 1 N–H and O–H groups in total. The smallest absolute Gasteiger partial charge is 0.258 e. The van der Waals surface area contributed by atoms with Crippen LogP contribution in [0.3, 0.4) is 0 Å². The van der Waals surface area contributed by atoms with E-state index in [1.54, 1.807) is 32.4 Å². The molecule has 3 aromatic carbocycles. The van der Waals surface area contributed by atoms with Gasteiger partial charge in [-0.25, -0.2) is 9.02 Å². The SMILES string of the molecule is COc1ccc(CNC(=O)COc2ccc(-c3ccc(F)cc3)cc2CN(C)Cc2nonc2C)cc1OC. The minimum atomic E-state index is -0.297. The first-order valence-corrected chi connectivity index (χ1v) is 12.3. The van der Waals surface area contributed by atoms with Crippen molar-refractivity contribution in [3.63, 3.8) is 0 Å². The molecule has 0 spiro atoms. The fraction of sp³-hybridized carbons (Fsp3) is 0.276. The molecule has 1 aromatic heterocycles. The first kappa shape index (κ1) is 27.6. The normalized spacial score (nSPS) is 10.9. The number of carbonyl (C=O) groups excluding carboxylic acids is 1. The van der Waals surface area contributed by atoms with Gasteiger partial charge in [0.15, 0.2) is 18.1 Å². The Balaban J connectivity index is 1.45. The van der Waals surface area contributed by atoms with Gasteiger partial charge in [-0.3, -0.25) is 9.69 Å². The molecule has 4 rings (SSSR count). The zero-order valence-corrected chi connectivity index (χ0v) is 22.4. The summed E-state index contributed by atoms with van der Waals surface area (Å²) in [5.41, 5.74) is 4.97. The number of ether oxygens (including phenoxy) is 3. The van der Waals surface area contributed by atoms with Gasteiger partial charge in [0.2, 0.25) is 0 Å². The van der Waals surface area contributed by atoms with Crippen molar-refractivity contribution in [3.05, 3.63) is 89.0 Å². The quantitative estimate of drug-likeness (QED) is 0.283. The Hall–Kier alpha value is -4.44. The van der Waals surface area contributed by atoms with Crippen molar-refractivity contribution in [1.29, 1.82) is 0 Å². The van der Waals surface area contributed by atoms with Crippen molar-refractivity contribution in [2.75, 3.05) is 27.9 Å². The summed E-state index contributed by atoms with van der Waals surface area (Å²) < 4.78 is 34.8. The zero-order valence-electron chi connectivity index (χ0n) is 22.4. The molecule has 0 radical (unpaired) electrons. The van der Waals surface area contributed by atoms with Crippen LogP contribution in [0.25, 0.3) is 11.1 Å². The molecule has 0 aliphatic heterocycles. The Morgan fingerprint density at radius 3 is 2.33 bits per heavy atom. The summed E-state index contributed by atoms with van der Waals surface area (Å²) >= 11 is 0. The fourth-order valence-electron chi connectivity index (χ4n) is 4.05. The van der Waals surface area contributed by atoms with Gasteiger partial charge < -0.3 is 19.5 Å². The van der Waals surface area contributed by atoms with Crippen molar-refractivity contribution < 1.29 is 28.0 Å². The van der Waals surface area contributed by atoms with Crippen LogP contribution in [0.4, 0.5) is 4.39 Å². The predicted molar refractivity (Wildman–Crippen MR) is 143 cm³/mol. The summed E-state index contributed by atoms with van der Waals surface area (Å²) in [4.78, 5) is 14.6. The lowest BCUT2D eigenvalue weighted by molar-refractivity contribution is -0.123. The Bertz CT molecular complexity index is 1410. The number of methoxy groups -OCH3 is 2. The minimum Gasteiger partial charge on any atom is -0.493 e. The third-order valence-corrected chi connectivity index (χ3v) is 6.14. The standard InChI is InChI=1S/C29H31FN4O5/c1-19-25(33-39-32-19)17-34(2)16-23-14-22(21-6-9-24(30)10-7-21)8-12-26(23)38-18-29(35)31-15-20-5-11-27(36-3)28(13-20)37-4/h5-14H,15-18H2,1-4H3,(H,31,35). The molecule has 39 heavy (non-hydrogen) atoms. The monoisotopic (exact) mass is 534 g/mol. The highest BCUT2D eigenvalue weighted by atomic mass is 19.1. The van der Waals surface area contributed by atoms with Crippen LogP contribution in [0.15, 0.2) is 65.3 Å². The molecule has 0 fully saturated rings. The number of aromatic nitrogens is 2. The molecular formula is C29H31FN4O5. The number of hydrogen-bond acceptors (Lipinski definition) is 8. The molecule has 9 nitrogen and oxygen atoms in total. The number of halogens is 1. The maximum atomic E-state index is 13.5. The van der Waals surface area contributed by atoms with E-state index in [-0.39, 0.29) is 18.3 Å². The van der Waals surface area contributed by atoms with E-state index < -0.39 is 0 Å². The average molecular weight is 535 g/mol. The second-order valence-corrected chi connectivity index (χ2v) is 9.05. The summed E-state index contributed by atoms with van der Waals surface area (Å²) in [6.07, 6.45) is 0. The molecule has 0 bridgehead atoms. The van der Waals surface area contributed by atoms with Crippen LogP contribution in [0.1, 0.15) is 22.5 Å². The summed E-state index contributed by atoms with van der Waals surface area (Å²) in [7, 11) is 5.08. The molecule has 0 aliphatic rings. The number of benzene rings is 3. The Kier molecular flexibility index (Phi) is 9.11. The van der Waals surface area contributed by atoms with Gasteiger partial charge in [-0.15, -0.1) is 0 Å². The number of amides is 1. The Morgan fingerprint density at radius 1 is 0.923 bits per heavy atom. The second kappa shape index (κ2) is 12.9. The summed E-state index contributed by atoms with van der Waals surface area (Å²) in [6.45, 7) is 3.01.